The van der Waals surface area contributed by atoms with Crippen LogP contribution in [0.5, 0.6) is 17.2 Å². The lowest BCUT2D eigenvalue weighted by molar-refractivity contribution is 0.0289. The fraction of sp³-hybridized carbons (Fsp3) is 0.333. The molecule has 1 aliphatic heterocycles. The summed E-state index contributed by atoms with van der Waals surface area (Å²) in [5.74, 6) is 0.544. The number of hydrogen-bond acceptors (Lipinski definition) is 4. The second kappa shape index (κ2) is 5.54. The average Bonchev–Trinajstić information content (AvgIpc) is 2.79. The minimum Gasteiger partial charge on any atom is -0.508 e. The van der Waals surface area contributed by atoms with Crippen molar-refractivity contribution in [3.8, 4) is 17.2 Å². The average molecular weight is 300 g/mol. The number of phenols is 3. The second-order valence-corrected chi connectivity index (χ2v) is 6.04. The molecule has 0 aliphatic carbocycles. The van der Waals surface area contributed by atoms with E-state index in [0.29, 0.717) is 5.92 Å². The molecule has 0 amide bonds. The normalized spacial score (nSPS) is 27.9. The third kappa shape index (κ3) is 2.50. The SMILES string of the molecule is C[C@@H]1[C@H](C)[C@H](c2ccc(O)cc2)O[C@H]1c1ccc(O)c(O)c1. The Balaban J connectivity index is 1.89. The maximum absolute atomic E-state index is 9.69. The van der Waals surface area contributed by atoms with Crippen LogP contribution in [0.25, 0.3) is 0 Å². The van der Waals surface area contributed by atoms with Crippen LogP contribution in [0, 0.1) is 11.8 Å². The van der Waals surface area contributed by atoms with E-state index < -0.39 is 0 Å². The van der Waals surface area contributed by atoms with E-state index in [9.17, 15) is 15.3 Å². The van der Waals surface area contributed by atoms with E-state index in [1.807, 2.05) is 12.1 Å². The summed E-state index contributed by atoms with van der Waals surface area (Å²) < 4.78 is 6.22. The molecule has 1 heterocycles. The second-order valence-electron chi connectivity index (χ2n) is 6.04. The molecule has 4 atom stereocenters. The fourth-order valence-electron chi connectivity index (χ4n) is 3.10. The van der Waals surface area contributed by atoms with Gasteiger partial charge in [0.2, 0.25) is 0 Å². The Kier molecular flexibility index (Phi) is 3.71. The van der Waals surface area contributed by atoms with Gasteiger partial charge in [-0.05, 0) is 47.2 Å². The summed E-state index contributed by atoms with van der Waals surface area (Å²) in [4.78, 5) is 0. The molecule has 2 aromatic carbocycles. The highest BCUT2D eigenvalue weighted by Gasteiger charge is 2.40. The van der Waals surface area contributed by atoms with Gasteiger partial charge >= 0.3 is 0 Å². The predicted molar refractivity (Wildman–Crippen MR) is 82.8 cm³/mol. The number of ether oxygens (including phenoxy) is 1. The van der Waals surface area contributed by atoms with Crippen molar-refractivity contribution in [2.24, 2.45) is 11.8 Å². The Hall–Kier alpha value is -2.20. The highest BCUT2D eigenvalue weighted by Crippen LogP contribution is 2.49. The van der Waals surface area contributed by atoms with E-state index in [1.165, 1.54) is 6.07 Å². The van der Waals surface area contributed by atoms with Crippen molar-refractivity contribution in [3.05, 3.63) is 53.6 Å². The van der Waals surface area contributed by atoms with Gasteiger partial charge in [-0.3, -0.25) is 0 Å². The molecule has 0 spiro atoms. The molecule has 1 fully saturated rings. The number of phenolic OH excluding ortho intramolecular Hbond substituents is 3. The van der Waals surface area contributed by atoms with E-state index in [1.54, 1.807) is 24.3 Å². The van der Waals surface area contributed by atoms with Crippen molar-refractivity contribution >= 4 is 0 Å². The Bertz CT molecular complexity index is 665. The Labute approximate surface area is 129 Å². The van der Waals surface area contributed by atoms with Gasteiger partial charge in [-0.15, -0.1) is 0 Å². The van der Waals surface area contributed by atoms with Crippen LogP contribution in [-0.4, -0.2) is 15.3 Å². The van der Waals surface area contributed by atoms with Crippen LogP contribution in [0.4, 0.5) is 0 Å². The molecule has 1 aliphatic rings. The lowest BCUT2D eigenvalue weighted by Crippen LogP contribution is -2.09. The third-order valence-electron chi connectivity index (χ3n) is 4.63. The summed E-state index contributed by atoms with van der Waals surface area (Å²) in [6.45, 7) is 4.27. The van der Waals surface area contributed by atoms with E-state index >= 15 is 0 Å². The molecule has 22 heavy (non-hydrogen) atoms. The molecule has 4 nitrogen and oxygen atoms in total. The molecule has 3 N–H and O–H groups in total. The molecule has 4 heteroatoms. The topological polar surface area (TPSA) is 69.9 Å². The van der Waals surface area contributed by atoms with Gasteiger partial charge in [0.25, 0.3) is 0 Å². The molecule has 116 valence electrons. The van der Waals surface area contributed by atoms with Gasteiger partial charge in [0.05, 0.1) is 12.2 Å². The Morgan fingerprint density at radius 1 is 0.727 bits per heavy atom. The summed E-state index contributed by atoms with van der Waals surface area (Å²) in [6, 6.07) is 11.9. The lowest BCUT2D eigenvalue weighted by Gasteiger charge is -2.16. The maximum Gasteiger partial charge on any atom is 0.157 e. The zero-order valence-corrected chi connectivity index (χ0v) is 12.6. The van der Waals surface area contributed by atoms with E-state index in [4.69, 9.17) is 4.74 Å². The van der Waals surface area contributed by atoms with Gasteiger partial charge in [-0.25, -0.2) is 0 Å². The summed E-state index contributed by atoms with van der Waals surface area (Å²) in [7, 11) is 0. The van der Waals surface area contributed by atoms with Gasteiger partial charge in [0.1, 0.15) is 5.75 Å². The first-order valence-electron chi connectivity index (χ1n) is 7.43. The van der Waals surface area contributed by atoms with Gasteiger partial charge in [0, 0.05) is 0 Å². The summed E-state index contributed by atoms with van der Waals surface area (Å²) in [5, 5.41) is 28.6. The first kappa shape index (κ1) is 14.7. The van der Waals surface area contributed by atoms with E-state index in [0.717, 1.165) is 11.1 Å². The zero-order chi connectivity index (χ0) is 15.9. The summed E-state index contributed by atoms with van der Waals surface area (Å²) >= 11 is 0. The largest absolute Gasteiger partial charge is 0.508 e. The molecule has 0 aromatic heterocycles. The molecular weight excluding hydrogens is 280 g/mol. The summed E-state index contributed by atoms with van der Waals surface area (Å²) in [6.07, 6.45) is -0.197. The molecule has 3 rings (SSSR count). The first-order valence-corrected chi connectivity index (χ1v) is 7.43. The van der Waals surface area contributed by atoms with Crippen LogP contribution in [0.1, 0.15) is 37.2 Å². The highest BCUT2D eigenvalue weighted by atomic mass is 16.5. The molecular formula is C18H20O4. The number of benzene rings is 2. The fourth-order valence-corrected chi connectivity index (χ4v) is 3.10. The van der Waals surface area contributed by atoms with Crippen LogP contribution < -0.4 is 0 Å². The first-order chi connectivity index (χ1) is 10.5. The molecule has 0 unspecified atom stereocenters. The lowest BCUT2D eigenvalue weighted by atomic mass is 9.85. The summed E-state index contributed by atoms with van der Waals surface area (Å²) in [5.41, 5.74) is 1.89. The minimum absolute atomic E-state index is 0.0588. The van der Waals surface area contributed by atoms with Gasteiger partial charge < -0.3 is 20.1 Å². The van der Waals surface area contributed by atoms with E-state index in [2.05, 4.69) is 13.8 Å². The Morgan fingerprint density at radius 3 is 1.86 bits per heavy atom. The number of aromatic hydroxyl groups is 3. The van der Waals surface area contributed by atoms with Gasteiger partial charge in [0.15, 0.2) is 11.5 Å². The maximum atomic E-state index is 9.69. The minimum atomic E-state index is -0.139. The highest BCUT2D eigenvalue weighted by molar-refractivity contribution is 5.41. The predicted octanol–water partition coefficient (Wildman–Crippen LogP) is 3.89. The smallest absolute Gasteiger partial charge is 0.157 e. The van der Waals surface area contributed by atoms with Crippen molar-refractivity contribution in [3.63, 3.8) is 0 Å². The van der Waals surface area contributed by atoms with Gasteiger partial charge in [-0.1, -0.05) is 32.0 Å². The van der Waals surface area contributed by atoms with Crippen LogP contribution >= 0.6 is 0 Å². The van der Waals surface area contributed by atoms with Crippen molar-refractivity contribution < 1.29 is 20.1 Å². The van der Waals surface area contributed by atoms with Crippen LogP contribution in [0.2, 0.25) is 0 Å². The molecule has 1 saturated heterocycles. The van der Waals surface area contributed by atoms with Crippen LogP contribution in [0.15, 0.2) is 42.5 Å². The van der Waals surface area contributed by atoms with Crippen LogP contribution in [0.3, 0.4) is 0 Å². The zero-order valence-electron chi connectivity index (χ0n) is 12.6. The number of rotatable bonds is 2. The van der Waals surface area contributed by atoms with Crippen molar-refractivity contribution in [1.29, 1.82) is 0 Å². The third-order valence-corrected chi connectivity index (χ3v) is 4.63. The molecule has 2 aromatic rings. The standard InChI is InChI=1S/C18H20O4/c1-10-11(2)18(13-5-8-15(20)16(21)9-13)22-17(10)12-3-6-14(19)7-4-12/h3-11,17-21H,1-2H3/t10-,11+,17+,18+/m0/s1. The van der Waals surface area contributed by atoms with E-state index in [-0.39, 0.29) is 35.4 Å². The quantitative estimate of drug-likeness (QED) is 0.736. The van der Waals surface area contributed by atoms with Crippen molar-refractivity contribution in [2.45, 2.75) is 26.1 Å². The van der Waals surface area contributed by atoms with Crippen molar-refractivity contribution in [2.75, 3.05) is 0 Å². The van der Waals surface area contributed by atoms with Gasteiger partial charge in [-0.2, -0.15) is 0 Å². The molecule has 0 radical (unpaired) electrons. The monoisotopic (exact) mass is 300 g/mol. The Morgan fingerprint density at radius 2 is 1.27 bits per heavy atom. The molecule has 0 bridgehead atoms. The van der Waals surface area contributed by atoms with Crippen molar-refractivity contribution in [1.82, 2.24) is 0 Å². The van der Waals surface area contributed by atoms with Crippen LogP contribution in [-0.2, 0) is 4.74 Å². The molecule has 0 saturated carbocycles. The number of hydrogen-bond donors (Lipinski definition) is 3.